The van der Waals surface area contributed by atoms with Gasteiger partial charge in [0, 0.05) is 38.3 Å². The monoisotopic (exact) mass is 448 g/mol. The van der Waals surface area contributed by atoms with Crippen LogP contribution in [0.3, 0.4) is 0 Å². The Bertz CT molecular complexity index is 896. The summed E-state index contributed by atoms with van der Waals surface area (Å²) in [4.78, 5) is 5.12. The van der Waals surface area contributed by atoms with Crippen molar-refractivity contribution in [1.82, 2.24) is 9.80 Å². The van der Waals surface area contributed by atoms with Crippen LogP contribution < -0.4 is 0 Å². The molecule has 2 aliphatic rings. The summed E-state index contributed by atoms with van der Waals surface area (Å²) >= 11 is 0. The van der Waals surface area contributed by atoms with Crippen LogP contribution in [0.15, 0.2) is 36.4 Å². The Morgan fingerprint density at radius 1 is 0.727 bits per heavy atom. The van der Waals surface area contributed by atoms with E-state index in [1.165, 1.54) is 43.5 Å². The van der Waals surface area contributed by atoms with E-state index in [9.17, 15) is 0 Å². The van der Waals surface area contributed by atoms with Crippen molar-refractivity contribution >= 4 is 0 Å². The molecule has 2 aromatic carbocycles. The third-order valence-electron chi connectivity index (χ3n) is 7.87. The summed E-state index contributed by atoms with van der Waals surface area (Å²) in [5, 5.41) is 0. The van der Waals surface area contributed by atoms with E-state index < -0.39 is 0 Å². The molecule has 2 nitrogen and oxygen atoms in total. The van der Waals surface area contributed by atoms with Gasteiger partial charge in [0.15, 0.2) is 0 Å². The molecule has 0 radical (unpaired) electrons. The molecule has 0 saturated carbocycles. The largest absolute Gasteiger partial charge is 0.296 e. The van der Waals surface area contributed by atoms with E-state index in [4.69, 9.17) is 0 Å². The molecule has 0 bridgehead atoms. The molecule has 1 atom stereocenters. The lowest BCUT2D eigenvalue weighted by atomic mass is 9.89. The fourth-order valence-electron chi connectivity index (χ4n) is 5.22. The number of fused-ring (bicyclic) bond motifs is 2. The quantitative estimate of drug-likeness (QED) is 0.466. The predicted molar refractivity (Wildman–Crippen MR) is 144 cm³/mol. The molecule has 1 unspecified atom stereocenters. The molecule has 0 aromatic heterocycles. The first-order valence-corrected chi connectivity index (χ1v) is 13.4. The van der Waals surface area contributed by atoms with Gasteiger partial charge in [-0.3, -0.25) is 9.80 Å². The Morgan fingerprint density at radius 3 is 1.97 bits per heavy atom. The minimum absolute atomic E-state index is 0.653. The fourth-order valence-corrected chi connectivity index (χ4v) is 5.22. The second kappa shape index (κ2) is 11.7. The highest BCUT2D eigenvalue weighted by molar-refractivity contribution is 5.39. The molecule has 0 saturated heterocycles. The summed E-state index contributed by atoms with van der Waals surface area (Å²) in [6.45, 7) is 23.0. The molecule has 0 spiro atoms. The molecule has 0 fully saturated rings. The lowest BCUT2D eigenvalue weighted by Crippen LogP contribution is -2.36. The zero-order valence-corrected chi connectivity index (χ0v) is 22.6. The average molecular weight is 449 g/mol. The van der Waals surface area contributed by atoms with Crippen LogP contribution in [0, 0.1) is 0 Å². The van der Waals surface area contributed by atoms with E-state index in [0.29, 0.717) is 23.9 Å². The molecule has 2 aliphatic heterocycles. The fraction of sp³-hybridized carbons (Fsp3) is 0.613. The van der Waals surface area contributed by atoms with Crippen molar-refractivity contribution in [2.75, 3.05) is 13.1 Å². The van der Waals surface area contributed by atoms with Crippen LogP contribution in [0.2, 0.25) is 0 Å². The van der Waals surface area contributed by atoms with Gasteiger partial charge >= 0.3 is 0 Å². The molecule has 4 rings (SSSR count). The third kappa shape index (κ3) is 6.49. The normalized spacial score (nSPS) is 17.5. The molecule has 2 aromatic rings. The lowest BCUT2D eigenvalue weighted by Gasteiger charge is -2.33. The van der Waals surface area contributed by atoms with Crippen LogP contribution in [-0.2, 0) is 25.9 Å². The Morgan fingerprint density at radius 2 is 1.36 bits per heavy atom. The number of nitrogens with zero attached hydrogens (tertiary/aromatic N) is 2. The van der Waals surface area contributed by atoms with Gasteiger partial charge in [0.25, 0.3) is 0 Å². The van der Waals surface area contributed by atoms with Crippen molar-refractivity contribution in [2.24, 2.45) is 0 Å². The molecular weight excluding hydrogens is 400 g/mol. The van der Waals surface area contributed by atoms with Gasteiger partial charge in [-0.05, 0) is 92.2 Å². The lowest BCUT2D eigenvalue weighted by molar-refractivity contribution is 0.203. The van der Waals surface area contributed by atoms with Crippen LogP contribution >= 0.6 is 0 Å². The van der Waals surface area contributed by atoms with Gasteiger partial charge in [0.05, 0.1) is 0 Å². The molecule has 0 amide bonds. The predicted octanol–water partition coefficient (Wildman–Crippen LogP) is 7.54. The van der Waals surface area contributed by atoms with Gasteiger partial charge in [0.1, 0.15) is 0 Å². The van der Waals surface area contributed by atoms with Crippen molar-refractivity contribution in [3.63, 3.8) is 0 Å². The second-order valence-corrected chi connectivity index (χ2v) is 11.1. The van der Waals surface area contributed by atoms with Gasteiger partial charge < -0.3 is 0 Å². The number of hydrogen-bond acceptors (Lipinski definition) is 2. The molecule has 0 N–H and O–H groups in total. The average Bonchev–Trinajstić information content (AvgIpc) is 2.82. The molecule has 2 heterocycles. The first-order chi connectivity index (χ1) is 15.7. The van der Waals surface area contributed by atoms with Crippen molar-refractivity contribution in [3.05, 3.63) is 69.8 Å². The Kier molecular flexibility index (Phi) is 9.18. The minimum atomic E-state index is 0.653. The van der Waals surface area contributed by atoms with Gasteiger partial charge in [-0.25, -0.2) is 0 Å². The van der Waals surface area contributed by atoms with Crippen molar-refractivity contribution < 1.29 is 0 Å². The van der Waals surface area contributed by atoms with Crippen LogP contribution in [0.5, 0.6) is 0 Å². The summed E-state index contributed by atoms with van der Waals surface area (Å²) in [6, 6.07) is 15.3. The third-order valence-corrected chi connectivity index (χ3v) is 7.87. The van der Waals surface area contributed by atoms with Crippen molar-refractivity contribution in [3.8, 4) is 0 Å². The maximum atomic E-state index is 2.56. The van der Waals surface area contributed by atoms with Gasteiger partial charge in [0.2, 0.25) is 0 Å². The Balaban J connectivity index is 0.000000186. The van der Waals surface area contributed by atoms with E-state index in [-0.39, 0.29) is 0 Å². The molecular formula is C31H48N2. The van der Waals surface area contributed by atoms with E-state index in [1.54, 1.807) is 22.3 Å². The highest BCUT2D eigenvalue weighted by Crippen LogP contribution is 2.28. The first-order valence-electron chi connectivity index (χ1n) is 13.4. The minimum Gasteiger partial charge on any atom is -0.296 e. The smallest absolute Gasteiger partial charge is 0.0239 e. The highest BCUT2D eigenvalue weighted by atomic mass is 15.2. The van der Waals surface area contributed by atoms with E-state index >= 15 is 0 Å². The standard InChI is InChI=1S/C16H25N.C15H23N/c1-5-13(4)14-6-7-16-11-17(12(2)3)9-8-15(16)10-14;1-11(2)14-7-5-6-13-10-16(12(3)4)9-8-15(13)14/h6-7,10,12-13H,5,8-9,11H2,1-4H3;5-7,11-12H,8-10H2,1-4H3. The maximum absolute atomic E-state index is 2.56. The molecule has 0 aliphatic carbocycles. The summed E-state index contributed by atoms with van der Waals surface area (Å²) in [6.07, 6.45) is 3.68. The van der Waals surface area contributed by atoms with Crippen LogP contribution in [0.4, 0.5) is 0 Å². The maximum Gasteiger partial charge on any atom is 0.0239 e. The summed E-state index contributed by atoms with van der Waals surface area (Å²) in [5.41, 5.74) is 9.36. The van der Waals surface area contributed by atoms with Crippen molar-refractivity contribution in [1.29, 1.82) is 0 Å². The molecule has 33 heavy (non-hydrogen) atoms. The molecule has 2 heteroatoms. The summed E-state index contributed by atoms with van der Waals surface area (Å²) in [7, 11) is 0. The summed E-state index contributed by atoms with van der Waals surface area (Å²) < 4.78 is 0. The second-order valence-electron chi connectivity index (χ2n) is 11.1. The topological polar surface area (TPSA) is 6.48 Å². The first kappa shape index (κ1) is 26.0. The van der Waals surface area contributed by atoms with E-state index in [0.717, 1.165) is 13.1 Å². The zero-order chi connectivity index (χ0) is 24.1. The zero-order valence-electron chi connectivity index (χ0n) is 22.6. The van der Waals surface area contributed by atoms with Crippen LogP contribution in [0.25, 0.3) is 0 Å². The van der Waals surface area contributed by atoms with Crippen molar-refractivity contribution in [2.45, 2.75) is 112 Å². The SMILES string of the molecule is CC(C)c1cccc2c1CCN(C(C)C)C2.CCC(C)c1ccc2c(c1)CCN(C(C)C)C2. The Hall–Kier alpha value is -1.64. The van der Waals surface area contributed by atoms with E-state index in [1.807, 2.05) is 0 Å². The number of rotatable bonds is 5. The van der Waals surface area contributed by atoms with Gasteiger partial charge in [-0.2, -0.15) is 0 Å². The summed E-state index contributed by atoms with van der Waals surface area (Å²) in [5.74, 6) is 1.35. The van der Waals surface area contributed by atoms with Crippen LogP contribution in [-0.4, -0.2) is 35.0 Å². The highest BCUT2D eigenvalue weighted by Gasteiger charge is 2.21. The van der Waals surface area contributed by atoms with Gasteiger partial charge in [-0.1, -0.05) is 64.1 Å². The van der Waals surface area contributed by atoms with Crippen LogP contribution in [0.1, 0.15) is 107 Å². The Labute approximate surface area is 204 Å². The number of benzene rings is 2. The molecule has 182 valence electrons. The van der Waals surface area contributed by atoms with Gasteiger partial charge in [-0.15, -0.1) is 0 Å². The number of hydrogen-bond donors (Lipinski definition) is 0. The van der Waals surface area contributed by atoms with E-state index in [2.05, 4.69) is 102 Å².